The van der Waals surface area contributed by atoms with Crippen molar-refractivity contribution in [3.05, 3.63) is 63.4 Å². The summed E-state index contributed by atoms with van der Waals surface area (Å²) in [5.41, 5.74) is 1.14. The largest absolute Gasteiger partial charge is 0.479 e. The van der Waals surface area contributed by atoms with Crippen molar-refractivity contribution in [2.45, 2.75) is 20.0 Å². The average molecular weight is 327 g/mol. The Morgan fingerprint density at radius 2 is 1.90 bits per heavy atom. The van der Waals surface area contributed by atoms with E-state index >= 15 is 0 Å². The van der Waals surface area contributed by atoms with Crippen LogP contribution in [-0.2, 0) is 0 Å². The highest BCUT2D eigenvalue weighted by molar-refractivity contribution is 6.37. The van der Waals surface area contributed by atoms with Gasteiger partial charge in [0, 0.05) is 10.6 Å². The molecule has 0 radical (unpaired) electrons. The number of hydrogen-bond acceptors (Lipinski definition) is 2. The minimum absolute atomic E-state index is 0.0425. The number of ether oxygens (including phenoxy) is 1. The summed E-state index contributed by atoms with van der Waals surface area (Å²) < 4.78 is 19.1. The zero-order valence-electron chi connectivity index (χ0n) is 11.5. The van der Waals surface area contributed by atoms with Gasteiger partial charge in [0.2, 0.25) is 5.78 Å². The standard InChI is InChI=1S/C16H13Cl2FO2/c1-9-3-6-14(19)15(7-9)21-10(2)16(20)12-5-4-11(17)8-13(12)18/h3-8,10H,1-2H3. The summed E-state index contributed by atoms with van der Waals surface area (Å²) in [7, 11) is 0. The van der Waals surface area contributed by atoms with Gasteiger partial charge in [-0.1, -0.05) is 29.3 Å². The maximum Gasteiger partial charge on any atom is 0.204 e. The molecule has 0 saturated carbocycles. The van der Waals surface area contributed by atoms with Crippen LogP contribution in [0.15, 0.2) is 36.4 Å². The Kier molecular flexibility index (Phi) is 4.86. The van der Waals surface area contributed by atoms with E-state index in [2.05, 4.69) is 0 Å². The fraction of sp³-hybridized carbons (Fsp3) is 0.188. The third-order valence-electron chi connectivity index (χ3n) is 2.96. The molecule has 0 aliphatic heterocycles. The van der Waals surface area contributed by atoms with Crippen molar-refractivity contribution >= 4 is 29.0 Å². The summed E-state index contributed by atoms with van der Waals surface area (Å²) in [6, 6.07) is 9.06. The van der Waals surface area contributed by atoms with Crippen LogP contribution in [-0.4, -0.2) is 11.9 Å². The highest BCUT2D eigenvalue weighted by Crippen LogP contribution is 2.25. The molecule has 0 bridgehead atoms. The van der Waals surface area contributed by atoms with Crippen molar-refractivity contribution in [1.82, 2.24) is 0 Å². The van der Waals surface area contributed by atoms with Crippen LogP contribution >= 0.6 is 23.2 Å². The van der Waals surface area contributed by atoms with Gasteiger partial charge in [0.1, 0.15) is 0 Å². The third-order valence-corrected chi connectivity index (χ3v) is 3.50. The van der Waals surface area contributed by atoms with Crippen LogP contribution in [0.5, 0.6) is 5.75 Å². The first kappa shape index (κ1) is 15.8. The molecule has 0 fully saturated rings. The van der Waals surface area contributed by atoms with Crippen molar-refractivity contribution in [3.8, 4) is 5.75 Å². The van der Waals surface area contributed by atoms with E-state index in [0.717, 1.165) is 5.56 Å². The van der Waals surface area contributed by atoms with Crippen LogP contribution in [0.2, 0.25) is 10.0 Å². The van der Waals surface area contributed by atoms with Crippen LogP contribution in [0.4, 0.5) is 4.39 Å². The zero-order valence-corrected chi connectivity index (χ0v) is 13.0. The predicted octanol–water partition coefficient (Wildman–Crippen LogP) is 5.09. The first-order valence-electron chi connectivity index (χ1n) is 6.30. The van der Waals surface area contributed by atoms with Gasteiger partial charge >= 0.3 is 0 Å². The van der Waals surface area contributed by atoms with Gasteiger partial charge in [-0.15, -0.1) is 0 Å². The molecule has 2 rings (SSSR count). The highest BCUT2D eigenvalue weighted by Gasteiger charge is 2.21. The molecular formula is C16H13Cl2FO2. The van der Waals surface area contributed by atoms with Gasteiger partial charge < -0.3 is 4.74 Å². The normalized spacial score (nSPS) is 12.0. The van der Waals surface area contributed by atoms with Gasteiger partial charge in [-0.25, -0.2) is 4.39 Å². The molecule has 0 N–H and O–H groups in total. The fourth-order valence-electron chi connectivity index (χ4n) is 1.85. The fourth-order valence-corrected chi connectivity index (χ4v) is 2.35. The number of benzene rings is 2. The molecule has 2 aromatic carbocycles. The summed E-state index contributed by atoms with van der Waals surface area (Å²) in [6.07, 6.45) is -0.861. The number of halogens is 3. The minimum atomic E-state index is -0.861. The summed E-state index contributed by atoms with van der Waals surface area (Å²) in [4.78, 5) is 12.3. The number of carbonyl (C=O) groups excluding carboxylic acids is 1. The maximum absolute atomic E-state index is 13.6. The molecule has 110 valence electrons. The van der Waals surface area contributed by atoms with Crippen molar-refractivity contribution in [2.75, 3.05) is 0 Å². The predicted molar refractivity (Wildman–Crippen MR) is 82.0 cm³/mol. The molecule has 21 heavy (non-hydrogen) atoms. The molecule has 0 spiro atoms. The zero-order chi connectivity index (χ0) is 15.6. The lowest BCUT2D eigenvalue weighted by Gasteiger charge is -2.15. The molecule has 0 heterocycles. The topological polar surface area (TPSA) is 26.3 Å². The van der Waals surface area contributed by atoms with Gasteiger partial charge in [-0.3, -0.25) is 4.79 Å². The molecule has 2 aromatic rings. The molecule has 0 aliphatic rings. The molecule has 0 aromatic heterocycles. The van der Waals surface area contributed by atoms with Crippen molar-refractivity contribution in [2.24, 2.45) is 0 Å². The molecule has 0 saturated heterocycles. The summed E-state index contributed by atoms with van der Waals surface area (Å²) >= 11 is 11.8. The Bertz CT molecular complexity index is 686. The molecule has 5 heteroatoms. The second kappa shape index (κ2) is 6.46. The van der Waals surface area contributed by atoms with Crippen molar-refractivity contribution in [3.63, 3.8) is 0 Å². The number of hydrogen-bond donors (Lipinski definition) is 0. The quantitative estimate of drug-likeness (QED) is 0.731. The first-order chi connectivity index (χ1) is 9.88. The van der Waals surface area contributed by atoms with Gasteiger partial charge in [-0.2, -0.15) is 0 Å². The van der Waals surface area contributed by atoms with Gasteiger partial charge in [0.05, 0.1) is 5.02 Å². The number of carbonyl (C=O) groups is 1. The van der Waals surface area contributed by atoms with E-state index in [1.165, 1.54) is 18.2 Å². The maximum atomic E-state index is 13.6. The molecule has 0 aliphatic carbocycles. The molecule has 1 unspecified atom stereocenters. The van der Waals surface area contributed by atoms with E-state index in [4.69, 9.17) is 27.9 Å². The van der Waals surface area contributed by atoms with Crippen LogP contribution in [0.3, 0.4) is 0 Å². The smallest absolute Gasteiger partial charge is 0.204 e. The van der Waals surface area contributed by atoms with Crippen LogP contribution in [0.1, 0.15) is 22.8 Å². The Morgan fingerprint density at radius 1 is 1.19 bits per heavy atom. The summed E-state index contributed by atoms with van der Waals surface area (Å²) in [5, 5.41) is 0.683. The minimum Gasteiger partial charge on any atom is -0.479 e. The van der Waals surface area contributed by atoms with Gasteiger partial charge in [0.15, 0.2) is 17.7 Å². The Hall–Kier alpha value is -1.58. The van der Waals surface area contributed by atoms with Gasteiger partial charge in [-0.05, 0) is 49.7 Å². The Labute approximate surface area is 132 Å². The van der Waals surface area contributed by atoms with Crippen molar-refractivity contribution < 1.29 is 13.9 Å². The van der Waals surface area contributed by atoms with Crippen molar-refractivity contribution in [1.29, 1.82) is 0 Å². The molecule has 1 atom stereocenters. The monoisotopic (exact) mass is 326 g/mol. The Morgan fingerprint density at radius 3 is 2.57 bits per heavy atom. The van der Waals surface area contributed by atoms with E-state index in [-0.39, 0.29) is 16.6 Å². The number of aryl methyl sites for hydroxylation is 1. The number of Topliss-reactive ketones (excluding diaryl/α,β-unsaturated/α-hetero) is 1. The van der Waals surface area contributed by atoms with E-state index in [0.29, 0.717) is 10.6 Å². The van der Waals surface area contributed by atoms with Crippen LogP contribution in [0, 0.1) is 12.7 Å². The SMILES string of the molecule is Cc1ccc(F)c(OC(C)C(=O)c2ccc(Cl)cc2Cl)c1. The molecule has 0 amide bonds. The lowest BCUT2D eigenvalue weighted by atomic mass is 10.1. The number of rotatable bonds is 4. The van der Waals surface area contributed by atoms with E-state index in [9.17, 15) is 9.18 Å². The Balaban J connectivity index is 2.21. The van der Waals surface area contributed by atoms with E-state index < -0.39 is 11.9 Å². The van der Waals surface area contributed by atoms with E-state index in [1.807, 2.05) is 6.92 Å². The second-order valence-corrected chi connectivity index (χ2v) is 5.53. The average Bonchev–Trinajstić information content (AvgIpc) is 2.42. The first-order valence-corrected chi connectivity index (χ1v) is 7.06. The van der Waals surface area contributed by atoms with Gasteiger partial charge in [0.25, 0.3) is 0 Å². The van der Waals surface area contributed by atoms with E-state index in [1.54, 1.807) is 25.1 Å². The lowest BCUT2D eigenvalue weighted by molar-refractivity contribution is 0.0812. The summed E-state index contributed by atoms with van der Waals surface area (Å²) in [6.45, 7) is 3.36. The second-order valence-electron chi connectivity index (χ2n) is 4.68. The highest BCUT2D eigenvalue weighted by atomic mass is 35.5. The molecule has 2 nitrogen and oxygen atoms in total. The van der Waals surface area contributed by atoms with Crippen LogP contribution in [0.25, 0.3) is 0 Å². The number of ketones is 1. The molecular weight excluding hydrogens is 314 g/mol. The lowest BCUT2D eigenvalue weighted by Crippen LogP contribution is -2.24. The van der Waals surface area contributed by atoms with Crippen LogP contribution < -0.4 is 4.74 Å². The summed E-state index contributed by atoms with van der Waals surface area (Å²) in [5.74, 6) is -0.805. The third kappa shape index (κ3) is 3.74.